The summed E-state index contributed by atoms with van der Waals surface area (Å²) in [6, 6.07) is 2.82. The van der Waals surface area contributed by atoms with E-state index in [1.165, 1.54) is 0 Å². The van der Waals surface area contributed by atoms with E-state index in [0.717, 1.165) is 46.4 Å². The fourth-order valence-corrected chi connectivity index (χ4v) is 6.75. The van der Waals surface area contributed by atoms with Crippen molar-refractivity contribution in [1.29, 1.82) is 0 Å². The molecule has 3 heterocycles. The number of benzene rings is 1. The second kappa shape index (κ2) is 10.9. The minimum Gasteiger partial charge on any atom is -0.475 e. The summed E-state index contributed by atoms with van der Waals surface area (Å²) in [4.78, 5) is 11.1. The fourth-order valence-electron chi connectivity index (χ4n) is 5.03. The van der Waals surface area contributed by atoms with Gasteiger partial charge in [-0.25, -0.2) is 22.0 Å². The largest absolute Gasteiger partial charge is 0.490 e. The van der Waals surface area contributed by atoms with Crippen LogP contribution in [0.5, 0.6) is 0 Å². The van der Waals surface area contributed by atoms with Crippen LogP contribution >= 0.6 is 0 Å². The zero-order chi connectivity index (χ0) is 27.8. The topological polar surface area (TPSA) is 128 Å². The number of hydrogen-bond donors (Lipinski definition) is 2. The summed E-state index contributed by atoms with van der Waals surface area (Å²) in [7, 11) is -3.44. The van der Waals surface area contributed by atoms with Gasteiger partial charge in [0.1, 0.15) is 17.7 Å². The van der Waals surface area contributed by atoms with Crippen LogP contribution in [0.4, 0.5) is 22.0 Å². The molecule has 2 aromatic rings. The molecule has 210 valence electrons. The number of ether oxygens (including phenoxy) is 1. The van der Waals surface area contributed by atoms with E-state index >= 15 is 0 Å². The maximum Gasteiger partial charge on any atom is 0.490 e. The smallest absolute Gasteiger partial charge is 0.475 e. The number of carboxylic acid groups (broad SMARTS) is 1. The van der Waals surface area contributed by atoms with Crippen LogP contribution in [-0.4, -0.2) is 63.7 Å². The molecule has 0 radical (unpaired) electrons. The van der Waals surface area contributed by atoms with Crippen molar-refractivity contribution in [1.82, 2.24) is 14.1 Å². The minimum atomic E-state index is -5.08. The zero-order valence-electron chi connectivity index (χ0n) is 20.1. The molecule has 3 aliphatic rings. The van der Waals surface area contributed by atoms with Crippen LogP contribution in [0.15, 0.2) is 24.4 Å². The summed E-state index contributed by atoms with van der Waals surface area (Å²) in [6.07, 6.45) is -0.296. The lowest BCUT2D eigenvalue weighted by atomic mass is 9.93. The van der Waals surface area contributed by atoms with Gasteiger partial charge in [-0.05, 0) is 37.5 Å². The Morgan fingerprint density at radius 2 is 1.82 bits per heavy atom. The van der Waals surface area contributed by atoms with Gasteiger partial charge in [-0.2, -0.15) is 22.4 Å². The number of fused-ring (bicyclic) bond motifs is 1. The Bertz CT molecular complexity index is 1260. The molecule has 1 saturated carbocycles. The summed E-state index contributed by atoms with van der Waals surface area (Å²) in [6.45, 7) is 1.41. The molecule has 3 atom stereocenters. The first-order chi connectivity index (χ1) is 17.8. The summed E-state index contributed by atoms with van der Waals surface area (Å²) >= 11 is 0. The lowest BCUT2D eigenvalue weighted by Crippen LogP contribution is -2.47. The van der Waals surface area contributed by atoms with Crippen molar-refractivity contribution in [3.8, 4) is 0 Å². The number of halogens is 5. The van der Waals surface area contributed by atoms with Gasteiger partial charge in [0.15, 0.2) is 0 Å². The van der Waals surface area contributed by atoms with Gasteiger partial charge in [-0.15, -0.1) is 0 Å². The first kappa shape index (κ1) is 28.4. The summed E-state index contributed by atoms with van der Waals surface area (Å²) in [5, 5.41) is 11.2. The van der Waals surface area contributed by atoms with E-state index in [2.05, 4.69) is 10.00 Å². The van der Waals surface area contributed by atoms with Gasteiger partial charge in [-0.3, -0.25) is 4.90 Å². The van der Waals surface area contributed by atoms with Crippen LogP contribution in [0.1, 0.15) is 55.0 Å². The number of carboxylic acids is 1. The van der Waals surface area contributed by atoms with Crippen molar-refractivity contribution in [3.63, 3.8) is 0 Å². The third kappa shape index (κ3) is 6.00. The Kier molecular flexibility index (Phi) is 8.12. The molecular weight excluding hydrogens is 539 g/mol. The molecule has 3 N–H and O–H groups in total. The summed E-state index contributed by atoms with van der Waals surface area (Å²) in [5.41, 5.74) is 8.08. The lowest BCUT2D eigenvalue weighted by molar-refractivity contribution is -0.192. The number of carbonyl (C=O) groups is 1. The fraction of sp³-hybridized carbons (Fsp3) is 0.565. The first-order valence-corrected chi connectivity index (χ1v) is 13.5. The van der Waals surface area contributed by atoms with E-state index in [4.69, 9.17) is 20.4 Å². The van der Waals surface area contributed by atoms with Gasteiger partial charge in [-0.1, -0.05) is 12.8 Å². The maximum atomic E-state index is 14.1. The zero-order valence-corrected chi connectivity index (χ0v) is 20.9. The van der Waals surface area contributed by atoms with Crippen LogP contribution in [0, 0.1) is 11.6 Å². The molecule has 1 aromatic carbocycles. The number of aliphatic carboxylic acids is 1. The lowest BCUT2D eigenvalue weighted by Gasteiger charge is -2.38. The monoisotopic (exact) mass is 566 g/mol. The van der Waals surface area contributed by atoms with Gasteiger partial charge >= 0.3 is 12.1 Å². The molecule has 5 rings (SSSR count). The van der Waals surface area contributed by atoms with Crippen molar-refractivity contribution in [2.24, 2.45) is 5.73 Å². The van der Waals surface area contributed by atoms with Gasteiger partial charge in [0, 0.05) is 42.5 Å². The molecule has 1 aliphatic carbocycles. The van der Waals surface area contributed by atoms with Crippen LogP contribution in [-0.2, 0) is 32.6 Å². The summed E-state index contributed by atoms with van der Waals surface area (Å²) in [5.74, 6) is -3.81. The SMILES string of the molecule is N[C@H]1C[C@@H](N2Cc3cn(S(=O)(=O)C4CCCC4)nc3C2)CO[C@@H]1c1cc(F)ccc1F.O=C(O)C(F)(F)F. The summed E-state index contributed by atoms with van der Waals surface area (Å²) < 4.78 is 92.0. The number of nitrogens with two attached hydrogens (primary N) is 1. The molecule has 0 bridgehead atoms. The maximum absolute atomic E-state index is 14.1. The normalized spacial score (nSPS) is 24.6. The molecule has 0 spiro atoms. The quantitative estimate of drug-likeness (QED) is 0.541. The van der Waals surface area contributed by atoms with E-state index < -0.39 is 45.9 Å². The molecule has 1 aromatic heterocycles. The molecule has 2 fully saturated rings. The Labute approximate surface area is 215 Å². The molecule has 0 unspecified atom stereocenters. The second-order valence-electron chi connectivity index (χ2n) is 9.61. The van der Waals surface area contributed by atoms with Crippen molar-refractivity contribution < 1.29 is 45.0 Å². The van der Waals surface area contributed by atoms with Crippen molar-refractivity contribution >= 4 is 16.0 Å². The van der Waals surface area contributed by atoms with Gasteiger partial charge < -0.3 is 15.6 Å². The Hall–Kier alpha value is -2.62. The number of hydrogen-bond acceptors (Lipinski definition) is 7. The number of nitrogens with zero attached hydrogens (tertiary/aromatic N) is 3. The van der Waals surface area contributed by atoms with Crippen LogP contribution in [0.3, 0.4) is 0 Å². The van der Waals surface area contributed by atoms with E-state index in [1.807, 2.05) is 0 Å². The third-order valence-electron chi connectivity index (χ3n) is 6.99. The highest BCUT2D eigenvalue weighted by Crippen LogP contribution is 2.34. The van der Waals surface area contributed by atoms with Crippen LogP contribution in [0.2, 0.25) is 0 Å². The predicted molar refractivity (Wildman–Crippen MR) is 123 cm³/mol. The highest BCUT2D eigenvalue weighted by atomic mass is 32.2. The van der Waals surface area contributed by atoms with Crippen LogP contribution < -0.4 is 5.73 Å². The van der Waals surface area contributed by atoms with Gasteiger partial charge in [0.2, 0.25) is 0 Å². The van der Waals surface area contributed by atoms with E-state index in [0.29, 0.717) is 39.0 Å². The number of rotatable bonds is 4. The van der Waals surface area contributed by atoms with E-state index in [-0.39, 0.29) is 16.9 Å². The molecule has 2 aliphatic heterocycles. The standard InChI is InChI=1S/C21H26F2N4O3S.C2HF3O2/c22-14-5-6-18(23)17(7-14)21-19(24)8-15(12-30-21)26-9-13-10-27(25-20(13)11-26)31(28,29)16-3-1-2-4-16;3-2(4,5)1(6)7/h5-7,10,15-16,19,21H,1-4,8-9,11-12,24H2;(H,6,7)/t15-,19+,21-;/m1./s1. The third-order valence-corrected chi connectivity index (χ3v) is 9.01. The Morgan fingerprint density at radius 1 is 1.16 bits per heavy atom. The highest BCUT2D eigenvalue weighted by molar-refractivity contribution is 7.90. The highest BCUT2D eigenvalue weighted by Gasteiger charge is 2.39. The van der Waals surface area contributed by atoms with Crippen molar-refractivity contribution in [2.45, 2.75) is 74.8 Å². The minimum absolute atomic E-state index is 0.00282. The predicted octanol–water partition coefficient (Wildman–Crippen LogP) is 3.09. The average Bonchev–Trinajstić information content (AvgIpc) is 3.58. The average molecular weight is 567 g/mol. The van der Waals surface area contributed by atoms with E-state index in [9.17, 15) is 30.4 Å². The molecule has 15 heteroatoms. The van der Waals surface area contributed by atoms with Gasteiger partial charge in [0.25, 0.3) is 10.0 Å². The molecule has 38 heavy (non-hydrogen) atoms. The van der Waals surface area contributed by atoms with Crippen molar-refractivity contribution in [2.75, 3.05) is 6.61 Å². The second-order valence-corrected chi connectivity index (χ2v) is 11.7. The number of aromatic nitrogens is 2. The molecule has 1 saturated heterocycles. The van der Waals surface area contributed by atoms with E-state index in [1.54, 1.807) is 6.20 Å². The molecular formula is C23H27F5N4O5S. The Morgan fingerprint density at radius 3 is 2.39 bits per heavy atom. The first-order valence-electron chi connectivity index (χ1n) is 12.0. The molecule has 0 amide bonds. The van der Waals surface area contributed by atoms with Crippen molar-refractivity contribution in [3.05, 3.63) is 52.9 Å². The Balaban J connectivity index is 0.000000426. The van der Waals surface area contributed by atoms with Gasteiger partial charge in [0.05, 0.1) is 17.6 Å². The molecule has 9 nitrogen and oxygen atoms in total. The number of alkyl halides is 3. The van der Waals surface area contributed by atoms with Crippen LogP contribution in [0.25, 0.3) is 0 Å².